The molecule has 1 aliphatic rings. The van der Waals surface area contributed by atoms with E-state index in [1.807, 2.05) is 0 Å². The van der Waals surface area contributed by atoms with Crippen molar-refractivity contribution in [2.45, 2.75) is 32.2 Å². The van der Waals surface area contributed by atoms with Crippen molar-refractivity contribution in [1.82, 2.24) is 20.4 Å². The van der Waals surface area contributed by atoms with E-state index in [1.54, 1.807) is 0 Å². The van der Waals surface area contributed by atoms with Gasteiger partial charge in [0.05, 0.1) is 0 Å². The molecule has 1 aliphatic heterocycles. The van der Waals surface area contributed by atoms with Crippen LogP contribution < -0.4 is 5.32 Å². The van der Waals surface area contributed by atoms with Crippen molar-refractivity contribution in [1.29, 1.82) is 0 Å². The van der Waals surface area contributed by atoms with Gasteiger partial charge < -0.3 is 14.7 Å². The molecule has 0 amide bonds. The Labute approximate surface area is 96.2 Å². The predicted molar refractivity (Wildman–Crippen MR) is 61.1 cm³/mol. The molecule has 90 valence electrons. The maximum absolute atomic E-state index is 4.95. The fourth-order valence-electron chi connectivity index (χ4n) is 2.14. The van der Waals surface area contributed by atoms with Crippen LogP contribution in [0.2, 0.25) is 0 Å². The Morgan fingerprint density at radius 3 is 2.94 bits per heavy atom. The molecule has 1 aromatic heterocycles. The van der Waals surface area contributed by atoms with Crippen LogP contribution in [0.3, 0.4) is 0 Å². The van der Waals surface area contributed by atoms with Crippen LogP contribution in [0, 0.1) is 0 Å². The topological polar surface area (TPSA) is 54.2 Å². The highest BCUT2D eigenvalue weighted by Crippen LogP contribution is 2.09. The van der Waals surface area contributed by atoms with E-state index in [4.69, 9.17) is 4.52 Å². The summed E-state index contributed by atoms with van der Waals surface area (Å²) in [5.74, 6) is 0.721. The zero-order valence-corrected chi connectivity index (χ0v) is 9.85. The summed E-state index contributed by atoms with van der Waals surface area (Å²) in [5.41, 5.74) is 0. The molecule has 0 radical (unpaired) electrons. The van der Waals surface area contributed by atoms with Gasteiger partial charge in [0.2, 0.25) is 5.89 Å². The van der Waals surface area contributed by atoms with Gasteiger partial charge in [-0.2, -0.15) is 4.98 Å². The number of hydrogen-bond acceptors (Lipinski definition) is 5. The molecule has 0 aliphatic carbocycles. The number of piperidine rings is 1. The van der Waals surface area contributed by atoms with Crippen LogP contribution in [0.25, 0.3) is 0 Å². The highest BCUT2D eigenvalue weighted by Gasteiger charge is 2.17. The van der Waals surface area contributed by atoms with Gasteiger partial charge >= 0.3 is 0 Å². The molecule has 2 rings (SSSR count). The SMILES string of the molecule is CCN1CCC(NCCc2ncno2)CC1. The van der Waals surface area contributed by atoms with Gasteiger partial charge in [-0.3, -0.25) is 0 Å². The van der Waals surface area contributed by atoms with Crippen molar-refractivity contribution in [3.63, 3.8) is 0 Å². The van der Waals surface area contributed by atoms with Crippen LogP contribution in [-0.2, 0) is 6.42 Å². The van der Waals surface area contributed by atoms with E-state index in [-0.39, 0.29) is 0 Å². The van der Waals surface area contributed by atoms with E-state index in [2.05, 4.69) is 27.3 Å². The van der Waals surface area contributed by atoms with Crippen molar-refractivity contribution in [2.75, 3.05) is 26.2 Å². The van der Waals surface area contributed by atoms with Crippen molar-refractivity contribution >= 4 is 0 Å². The van der Waals surface area contributed by atoms with Gasteiger partial charge in [0.1, 0.15) is 0 Å². The molecule has 2 heterocycles. The molecule has 0 unspecified atom stereocenters. The second-order valence-electron chi connectivity index (χ2n) is 4.25. The Kier molecular flexibility index (Phi) is 4.30. The molecule has 0 atom stereocenters. The third-order valence-electron chi connectivity index (χ3n) is 3.21. The summed E-state index contributed by atoms with van der Waals surface area (Å²) in [6.07, 6.45) is 4.78. The number of likely N-dealkylation sites (tertiary alicyclic amines) is 1. The van der Waals surface area contributed by atoms with Gasteiger partial charge in [0.25, 0.3) is 0 Å². The zero-order valence-electron chi connectivity index (χ0n) is 9.85. The predicted octanol–water partition coefficient (Wildman–Crippen LogP) is 0.686. The van der Waals surface area contributed by atoms with Gasteiger partial charge in [-0.05, 0) is 32.5 Å². The largest absolute Gasteiger partial charge is 0.340 e. The number of nitrogens with one attached hydrogen (secondary N) is 1. The standard InChI is InChI=1S/C11H20N4O/c1-2-15-7-4-10(5-8-15)12-6-3-11-13-9-14-16-11/h9-10,12H,2-8H2,1H3. The summed E-state index contributed by atoms with van der Waals surface area (Å²) in [7, 11) is 0. The van der Waals surface area contributed by atoms with Crippen LogP contribution in [0.5, 0.6) is 0 Å². The first-order valence-electron chi connectivity index (χ1n) is 6.09. The number of aromatic nitrogens is 2. The molecule has 1 aromatic rings. The summed E-state index contributed by atoms with van der Waals surface area (Å²) in [4.78, 5) is 6.49. The smallest absolute Gasteiger partial charge is 0.227 e. The van der Waals surface area contributed by atoms with Crippen LogP contribution in [-0.4, -0.2) is 47.3 Å². The van der Waals surface area contributed by atoms with Crippen molar-refractivity contribution in [2.24, 2.45) is 0 Å². The molecule has 1 fully saturated rings. The normalized spacial score (nSPS) is 19.1. The van der Waals surface area contributed by atoms with Crippen molar-refractivity contribution < 1.29 is 4.52 Å². The van der Waals surface area contributed by atoms with E-state index in [9.17, 15) is 0 Å². The second-order valence-corrected chi connectivity index (χ2v) is 4.25. The maximum Gasteiger partial charge on any atom is 0.227 e. The third-order valence-corrected chi connectivity index (χ3v) is 3.21. The van der Waals surface area contributed by atoms with Gasteiger partial charge in [0.15, 0.2) is 6.33 Å². The van der Waals surface area contributed by atoms with Gasteiger partial charge in [-0.1, -0.05) is 12.1 Å². The van der Waals surface area contributed by atoms with Crippen LogP contribution in [0.1, 0.15) is 25.7 Å². The number of nitrogens with zero attached hydrogens (tertiary/aromatic N) is 3. The average Bonchev–Trinajstić information content (AvgIpc) is 2.83. The lowest BCUT2D eigenvalue weighted by Gasteiger charge is -2.31. The Morgan fingerprint density at radius 1 is 1.50 bits per heavy atom. The monoisotopic (exact) mass is 224 g/mol. The van der Waals surface area contributed by atoms with E-state index in [0.717, 1.165) is 18.9 Å². The molecule has 5 heteroatoms. The van der Waals surface area contributed by atoms with E-state index in [0.29, 0.717) is 6.04 Å². The first kappa shape index (κ1) is 11.5. The first-order chi connectivity index (χ1) is 7.88. The number of hydrogen-bond donors (Lipinski definition) is 1. The zero-order chi connectivity index (χ0) is 11.2. The molecule has 0 saturated carbocycles. The second kappa shape index (κ2) is 5.96. The lowest BCUT2D eigenvalue weighted by atomic mass is 10.1. The molecule has 0 aromatic carbocycles. The lowest BCUT2D eigenvalue weighted by Crippen LogP contribution is -2.42. The fourth-order valence-corrected chi connectivity index (χ4v) is 2.14. The summed E-state index contributed by atoms with van der Waals surface area (Å²) in [6.45, 7) is 6.76. The first-order valence-corrected chi connectivity index (χ1v) is 6.09. The third kappa shape index (κ3) is 3.28. The van der Waals surface area contributed by atoms with Gasteiger partial charge in [-0.15, -0.1) is 0 Å². The van der Waals surface area contributed by atoms with Gasteiger partial charge in [0, 0.05) is 19.0 Å². The highest BCUT2D eigenvalue weighted by atomic mass is 16.5. The Balaban J connectivity index is 1.60. The van der Waals surface area contributed by atoms with Crippen LogP contribution in [0.15, 0.2) is 10.9 Å². The molecule has 1 N–H and O–H groups in total. The molecule has 1 saturated heterocycles. The minimum Gasteiger partial charge on any atom is -0.340 e. The average molecular weight is 224 g/mol. The molecule has 16 heavy (non-hydrogen) atoms. The maximum atomic E-state index is 4.95. The van der Waals surface area contributed by atoms with E-state index in [1.165, 1.54) is 38.8 Å². The lowest BCUT2D eigenvalue weighted by molar-refractivity contribution is 0.206. The van der Waals surface area contributed by atoms with Gasteiger partial charge in [-0.25, -0.2) is 0 Å². The molecular weight excluding hydrogens is 204 g/mol. The molecule has 0 bridgehead atoms. The summed E-state index contributed by atoms with van der Waals surface area (Å²) < 4.78 is 4.95. The quantitative estimate of drug-likeness (QED) is 0.797. The minimum absolute atomic E-state index is 0.658. The van der Waals surface area contributed by atoms with Crippen molar-refractivity contribution in [3.8, 4) is 0 Å². The molecule has 0 spiro atoms. The summed E-state index contributed by atoms with van der Waals surface area (Å²) in [6, 6.07) is 0.658. The highest BCUT2D eigenvalue weighted by molar-refractivity contribution is 4.80. The minimum atomic E-state index is 0.658. The summed E-state index contributed by atoms with van der Waals surface area (Å²) >= 11 is 0. The van der Waals surface area contributed by atoms with Crippen molar-refractivity contribution in [3.05, 3.63) is 12.2 Å². The summed E-state index contributed by atoms with van der Waals surface area (Å²) in [5, 5.41) is 7.14. The molecular formula is C11H20N4O. The molecule has 5 nitrogen and oxygen atoms in total. The Morgan fingerprint density at radius 2 is 2.31 bits per heavy atom. The Hall–Kier alpha value is -0.940. The van der Waals surface area contributed by atoms with E-state index < -0.39 is 0 Å². The van der Waals surface area contributed by atoms with E-state index >= 15 is 0 Å². The fraction of sp³-hybridized carbons (Fsp3) is 0.818. The number of rotatable bonds is 5. The van der Waals surface area contributed by atoms with Crippen LogP contribution >= 0.6 is 0 Å². The Bertz CT molecular complexity index is 280. The van der Waals surface area contributed by atoms with Crippen LogP contribution in [0.4, 0.5) is 0 Å².